The number of benzene rings is 16. The van der Waals surface area contributed by atoms with Crippen molar-refractivity contribution >= 4 is 43.6 Å². The van der Waals surface area contributed by atoms with Crippen molar-refractivity contribution < 1.29 is 0 Å². The Morgan fingerprint density at radius 2 is 0.382 bits per heavy atom. The Hall–Kier alpha value is -14.9. The minimum atomic E-state index is 0.641. The number of hydrogen-bond acceptors (Lipinski definition) is 6. The molecule has 20 aromatic rings. The van der Waals surface area contributed by atoms with E-state index in [0.29, 0.717) is 34.9 Å². The van der Waals surface area contributed by atoms with Gasteiger partial charge in [-0.05, 0) is 140 Å². The van der Waals surface area contributed by atoms with E-state index >= 15 is 0 Å². The molecular weight excluding hydrogens is 1340 g/mol. The van der Waals surface area contributed by atoms with E-state index in [4.69, 9.17) is 29.9 Å². The van der Waals surface area contributed by atoms with Crippen LogP contribution in [-0.2, 0) is 0 Å². The molecule has 0 bridgehead atoms. The van der Waals surface area contributed by atoms with Crippen molar-refractivity contribution in [3.8, 4) is 146 Å². The third-order valence-electron chi connectivity index (χ3n) is 20.5. The first-order valence-corrected chi connectivity index (χ1v) is 37.1. The fourth-order valence-corrected chi connectivity index (χ4v) is 15.2. The lowest BCUT2D eigenvalue weighted by Gasteiger charge is -2.11. The van der Waals surface area contributed by atoms with Gasteiger partial charge in [0.05, 0.1) is 22.1 Å². The maximum atomic E-state index is 4.97. The Balaban J connectivity index is 0.000000149. The highest BCUT2D eigenvalue weighted by Crippen LogP contribution is 2.44. The number of para-hydroxylation sites is 2. The van der Waals surface area contributed by atoms with Crippen LogP contribution in [0.25, 0.3) is 190 Å². The van der Waals surface area contributed by atoms with Gasteiger partial charge in [-0.15, -0.1) is 0 Å². The van der Waals surface area contributed by atoms with Gasteiger partial charge in [0.25, 0.3) is 0 Å². The van der Waals surface area contributed by atoms with Crippen molar-refractivity contribution in [1.29, 1.82) is 0 Å². The predicted molar refractivity (Wildman–Crippen MR) is 454 cm³/mol. The molecule has 0 fully saturated rings. The number of rotatable bonds is 14. The van der Waals surface area contributed by atoms with Crippen molar-refractivity contribution in [2.75, 3.05) is 0 Å². The standard InChI is InChI=1S/2C51H34N4/c1-5-15-35(16-6-1)41-31-32-46-45(34-41)48-44(25-14-26-47(48)55(46)43-23-11-4-12-24-43)37-29-27-36(28-30-37)40-21-13-22-42(33-40)51-53-49(38-17-7-2-8-18-38)52-50(54-51)39-19-9-3-10-20-39;1-5-15-35(16-6-1)41-31-32-46-45(34-41)48-44(25-14-26-47(48)55(46)43-23-11-4-12-24-43)42-22-13-21-40(33-42)36-27-29-39(30-28-36)51-53-49(37-17-7-2-8-18-37)52-50(54-51)38-19-9-3-10-20-38/h2*1-34H. The summed E-state index contributed by atoms with van der Waals surface area (Å²) in [6.45, 7) is 0. The molecule has 0 radical (unpaired) electrons. The van der Waals surface area contributed by atoms with Gasteiger partial charge < -0.3 is 9.13 Å². The van der Waals surface area contributed by atoms with Crippen LogP contribution in [0.5, 0.6) is 0 Å². The molecule has 4 aromatic heterocycles. The van der Waals surface area contributed by atoms with Crippen molar-refractivity contribution in [1.82, 2.24) is 39.0 Å². The average molecular weight is 1410 g/mol. The van der Waals surface area contributed by atoms with Crippen molar-refractivity contribution in [3.05, 3.63) is 413 Å². The van der Waals surface area contributed by atoms with Crippen LogP contribution in [0.15, 0.2) is 413 Å². The highest BCUT2D eigenvalue weighted by Gasteiger charge is 2.22. The molecule has 110 heavy (non-hydrogen) atoms. The molecule has 0 aliphatic heterocycles. The molecular formula is C102H68N8. The molecule has 0 N–H and O–H groups in total. The smallest absolute Gasteiger partial charge is 0.164 e. The van der Waals surface area contributed by atoms with Crippen molar-refractivity contribution in [2.45, 2.75) is 0 Å². The van der Waals surface area contributed by atoms with E-state index in [2.05, 4.69) is 300 Å². The first kappa shape index (κ1) is 65.9. The van der Waals surface area contributed by atoms with Crippen LogP contribution in [0, 0.1) is 0 Å². The number of fused-ring (bicyclic) bond motifs is 6. The molecule has 0 saturated heterocycles. The highest BCUT2D eigenvalue weighted by atomic mass is 15.0. The molecule has 0 aliphatic rings. The Labute approximate surface area is 637 Å². The number of nitrogens with zero attached hydrogens (tertiary/aromatic N) is 8. The molecule has 0 unspecified atom stereocenters. The summed E-state index contributed by atoms with van der Waals surface area (Å²) in [4.78, 5) is 29.5. The zero-order chi connectivity index (χ0) is 73.1. The third kappa shape index (κ3) is 12.9. The zero-order valence-electron chi connectivity index (χ0n) is 59.8. The summed E-state index contributed by atoms with van der Waals surface area (Å²) < 4.78 is 4.77. The fraction of sp³-hybridized carbons (Fsp3) is 0. The van der Waals surface area contributed by atoms with Gasteiger partial charge in [-0.2, -0.15) is 0 Å². The summed E-state index contributed by atoms with van der Waals surface area (Å²) in [6, 6.07) is 145. The van der Waals surface area contributed by atoms with E-state index in [1.54, 1.807) is 0 Å². The third-order valence-corrected chi connectivity index (χ3v) is 20.5. The summed E-state index contributed by atoms with van der Waals surface area (Å²) in [6.07, 6.45) is 0. The summed E-state index contributed by atoms with van der Waals surface area (Å²) in [5.41, 5.74) is 26.7. The Bertz CT molecular complexity index is 6580. The van der Waals surface area contributed by atoms with Crippen LogP contribution in [0.3, 0.4) is 0 Å². The molecule has 4 heterocycles. The first-order valence-electron chi connectivity index (χ1n) is 37.1. The second-order valence-electron chi connectivity index (χ2n) is 27.3. The maximum Gasteiger partial charge on any atom is 0.164 e. The van der Waals surface area contributed by atoms with Gasteiger partial charge in [0.1, 0.15) is 0 Å². The van der Waals surface area contributed by atoms with Crippen LogP contribution in [-0.4, -0.2) is 39.0 Å². The maximum absolute atomic E-state index is 4.97. The average Bonchev–Trinajstić information content (AvgIpc) is 1.58. The molecule has 516 valence electrons. The topological polar surface area (TPSA) is 87.2 Å². The lowest BCUT2D eigenvalue weighted by atomic mass is 9.95. The van der Waals surface area contributed by atoms with Gasteiger partial charge in [0, 0.05) is 66.3 Å². The molecule has 20 rings (SSSR count). The molecule has 0 aliphatic carbocycles. The lowest BCUT2D eigenvalue weighted by Crippen LogP contribution is -2.00. The van der Waals surface area contributed by atoms with Crippen LogP contribution < -0.4 is 0 Å². The largest absolute Gasteiger partial charge is 0.309 e. The zero-order valence-corrected chi connectivity index (χ0v) is 59.8. The van der Waals surface area contributed by atoms with Crippen LogP contribution in [0.2, 0.25) is 0 Å². The minimum absolute atomic E-state index is 0.641. The van der Waals surface area contributed by atoms with E-state index in [-0.39, 0.29) is 0 Å². The molecule has 0 amide bonds. The SMILES string of the molecule is c1ccc(-c2ccc3c(c2)c2c(-c4ccc(-c5cccc(-c6nc(-c7ccccc7)nc(-c7ccccc7)n6)c5)cc4)cccc2n3-c2ccccc2)cc1.c1ccc(-c2ccc3c(c2)c2c(-c4cccc(-c5ccc(-c6nc(-c7ccccc7)nc(-c7ccccc7)n6)cc5)c4)cccc2n3-c2ccccc2)cc1. The van der Waals surface area contributed by atoms with Crippen molar-refractivity contribution in [3.63, 3.8) is 0 Å². The quantitative estimate of drug-likeness (QED) is 0.108. The predicted octanol–water partition coefficient (Wildman–Crippen LogP) is 25.9. The van der Waals surface area contributed by atoms with Crippen LogP contribution >= 0.6 is 0 Å². The monoisotopic (exact) mass is 1400 g/mol. The molecule has 0 saturated carbocycles. The minimum Gasteiger partial charge on any atom is -0.309 e. The second-order valence-corrected chi connectivity index (χ2v) is 27.3. The summed E-state index contributed by atoms with van der Waals surface area (Å²) in [5.74, 6) is 3.89. The first-order chi connectivity index (χ1) is 54.5. The molecule has 0 spiro atoms. The van der Waals surface area contributed by atoms with Gasteiger partial charge in [-0.1, -0.05) is 340 Å². The fourth-order valence-electron chi connectivity index (χ4n) is 15.2. The number of hydrogen-bond donors (Lipinski definition) is 0. The summed E-state index contributed by atoms with van der Waals surface area (Å²) >= 11 is 0. The second kappa shape index (κ2) is 29.2. The normalized spacial score (nSPS) is 11.3. The Morgan fingerprint density at radius 1 is 0.145 bits per heavy atom. The van der Waals surface area contributed by atoms with Gasteiger partial charge in [-0.25, -0.2) is 29.9 Å². The van der Waals surface area contributed by atoms with E-state index < -0.39 is 0 Å². The lowest BCUT2D eigenvalue weighted by molar-refractivity contribution is 1.07. The molecule has 16 aromatic carbocycles. The van der Waals surface area contributed by atoms with Crippen molar-refractivity contribution in [2.24, 2.45) is 0 Å². The van der Waals surface area contributed by atoms with E-state index in [1.807, 2.05) is 121 Å². The van der Waals surface area contributed by atoms with E-state index in [0.717, 1.165) is 67.0 Å². The van der Waals surface area contributed by atoms with Gasteiger partial charge >= 0.3 is 0 Å². The molecule has 8 heteroatoms. The van der Waals surface area contributed by atoms with Gasteiger partial charge in [0.15, 0.2) is 34.9 Å². The number of aromatic nitrogens is 8. The van der Waals surface area contributed by atoms with E-state index in [9.17, 15) is 0 Å². The van der Waals surface area contributed by atoms with Crippen LogP contribution in [0.1, 0.15) is 0 Å². The Kier molecular flexibility index (Phi) is 17.5. The Morgan fingerprint density at radius 3 is 0.755 bits per heavy atom. The molecule has 8 nitrogen and oxygen atoms in total. The van der Waals surface area contributed by atoms with E-state index in [1.165, 1.54) is 88.1 Å². The summed E-state index contributed by atoms with van der Waals surface area (Å²) in [5, 5.41) is 4.94. The highest BCUT2D eigenvalue weighted by molar-refractivity contribution is 6.18. The molecule has 0 atom stereocenters. The van der Waals surface area contributed by atoms with Gasteiger partial charge in [-0.3, -0.25) is 0 Å². The van der Waals surface area contributed by atoms with Crippen LogP contribution in [0.4, 0.5) is 0 Å². The van der Waals surface area contributed by atoms with Gasteiger partial charge in [0.2, 0.25) is 0 Å². The summed E-state index contributed by atoms with van der Waals surface area (Å²) in [7, 11) is 0.